The Morgan fingerprint density at radius 3 is 3.07 bits per heavy atom. The van der Waals surface area contributed by atoms with Gasteiger partial charge in [0.25, 0.3) is 5.56 Å². The average Bonchev–Trinajstić information content (AvgIpc) is 2.20. The average molecular weight is 226 g/mol. The van der Waals surface area contributed by atoms with Crippen molar-refractivity contribution >= 4 is 24.4 Å². The second-order valence-corrected chi connectivity index (χ2v) is 3.65. The first-order chi connectivity index (χ1) is 6.77. The Balaban J connectivity index is 2.91. The zero-order valence-corrected chi connectivity index (χ0v) is 9.41. The first-order valence-corrected chi connectivity index (χ1v) is 5.86. The van der Waals surface area contributed by atoms with Crippen LogP contribution in [0.4, 0.5) is 0 Å². The van der Waals surface area contributed by atoms with Crippen molar-refractivity contribution in [3.63, 3.8) is 0 Å². The van der Waals surface area contributed by atoms with Crippen LogP contribution in [0, 0.1) is 11.8 Å². The van der Waals surface area contributed by atoms with Crippen LogP contribution in [-0.4, -0.2) is 22.0 Å². The fourth-order valence-corrected chi connectivity index (χ4v) is 1.25. The molecule has 5 heteroatoms. The molecule has 1 heterocycles. The van der Waals surface area contributed by atoms with Crippen molar-refractivity contribution in [2.24, 2.45) is 0 Å². The SMILES string of the molecule is CSc1ncc(C#CCCS)c(=O)[nH]1. The van der Waals surface area contributed by atoms with Crippen molar-refractivity contribution in [2.45, 2.75) is 11.6 Å². The molecule has 0 unspecified atom stereocenters. The monoisotopic (exact) mass is 226 g/mol. The molecule has 0 aliphatic heterocycles. The lowest BCUT2D eigenvalue weighted by Crippen LogP contribution is -2.11. The predicted octanol–water partition coefficient (Wildman–Crippen LogP) is 1.16. The highest BCUT2D eigenvalue weighted by Crippen LogP contribution is 2.03. The lowest BCUT2D eigenvalue weighted by Gasteiger charge is -1.93. The third-order valence-corrected chi connectivity index (χ3v) is 2.25. The van der Waals surface area contributed by atoms with Gasteiger partial charge in [0, 0.05) is 12.2 Å². The minimum Gasteiger partial charge on any atom is -0.300 e. The van der Waals surface area contributed by atoms with Crippen molar-refractivity contribution in [1.29, 1.82) is 0 Å². The fraction of sp³-hybridized carbons (Fsp3) is 0.333. The standard InChI is InChI=1S/C9H10N2OS2/c1-14-9-10-6-7(8(12)11-9)4-2-3-5-13/h6,13H,3,5H2,1H3,(H,10,11,12). The lowest BCUT2D eigenvalue weighted by atomic mass is 10.3. The Morgan fingerprint density at radius 2 is 2.50 bits per heavy atom. The van der Waals surface area contributed by atoms with Gasteiger partial charge in [0.05, 0.1) is 6.20 Å². The summed E-state index contributed by atoms with van der Waals surface area (Å²) in [4.78, 5) is 18.0. The third-order valence-electron chi connectivity index (χ3n) is 1.43. The van der Waals surface area contributed by atoms with Crippen LogP contribution in [0.1, 0.15) is 12.0 Å². The Hall–Kier alpha value is -0.860. The molecule has 3 nitrogen and oxygen atoms in total. The summed E-state index contributed by atoms with van der Waals surface area (Å²) in [6, 6.07) is 0. The van der Waals surface area contributed by atoms with E-state index in [4.69, 9.17) is 0 Å². The second-order valence-electron chi connectivity index (χ2n) is 2.41. The molecule has 0 bridgehead atoms. The van der Waals surface area contributed by atoms with Crippen molar-refractivity contribution in [1.82, 2.24) is 9.97 Å². The number of rotatable bonds is 2. The van der Waals surface area contributed by atoms with Crippen LogP contribution in [0.2, 0.25) is 0 Å². The predicted molar refractivity (Wildman–Crippen MR) is 62.0 cm³/mol. The highest BCUT2D eigenvalue weighted by atomic mass is 32.2. The van der Waals surface area contributed by atoms with Crippen LogP contribution < -0.4 is 5.56 Å². The van der Waals surface area contributed by atoms with Crippen LogP contribution in [0.25, 0.3) is 0 Å². The topological polar surface area (TPSA) is 45.8 Å². The van der Waals surface area contributed by atoms with E-state index in [1.807, 2.05) is 6.26 Å². The van der Waals surface area contributed by atoms with Crippen molar-refractivity contribution in [2.75, 3.05) is 12.0 Å². The maximum Gasteiger partial charge on any atom is 0.267 e. The highest BCUT2D eigenvalue weighted by Gasteiger charge is 1.97. The number of aromatic amines is 1. The normalized spacial score (nSPS) is 9.29. The molecule has 0 aliphatic rings. The molecule has 0 aromatic carbocycles. The van der Waals surface area contributed by atoms with Gasteiger partial charge in [0.15, 0.2) is 5.16 Å². The molecule has 0 radical (unpaired) electrons. The maximum atomic E-state index is 11.4. The van der Waals surface area contributed by atoms with E-state index in [2.05, 4.69) is 34.4 Å². The summed E-state index contributed by atoms with van der Waals surface area (Å²) < 4.78 is 0. The number of aromatic nitrogens is 2. The summed E-state index contributed by atoms with van der Waals surface area (Å²) in [6.45, 7) is 0. The minimum atomic E-state index is -0.184. The molecule has 0 saturated heterocycles. The first kappa shape index (κ1) is 11.2. The zero-order valence-electron chi connectivity index (χ0n) is 7.70. The summed E-state index contributed by atoms with van der Waals surface area (Å²) in [5, 5.41) is 0.606. The van der Waals surface area contributed by atoms with E-state index in [1.165, 1.54) is 18.0 Å². The van der Waals surface area contributed by atoms with E-state index in [-0.39, 0.29) is 5.56 Å². The van der Waals surface area contributed by atoms with Crippen molar-refractivity contribution in [3.8, 4) is 11.8 Å². The van der Waals surface area contributed by atoms with E-state index in [1.54, 1.807) is 0 Å². The zero-order chi connectivity index (χ0) is 10.4. The van der Waals surface area contributed by atoms with Gasteiger partial charge in [-0.2, -0.15) is 12.6 Å². The van der Waals surface area contributed by atoms with Gasteiger partial charge >= 0.3 is 0 Å². The summed E-state index contributed by atoms with van der Waals surface area (Å²) >= 11 is 5.41. The van der Waals surface area contributed by atoms with E-state index < -0.39 is 0 Å². The Kier molecular flexibility index (Phi) is 4.63. The van der Waals surface area contributed by atoms with E-state index >= 15 is 0 Å². The van der Waals surface area contributed by atoms with Crippen molar-refractivity contribution < 1.29 is 0 Å². The van der Waals surface area contributed by atoms with Crippen LogP contribution in [0.5, 0.6) is 0 Å². The number of thiol groups is 1. The van der Waals surface area contributed by atoms with Gasteiger partial charge in [0.2, 0.25) is 0 Å². The number of nitrogens with one attached hydrogen (secondary N) is 1. The number of thioether (sulfide) groups is 1. The van der Waals surface area contributed by atoms with Gasteiger partial charge < -0.3 is 4.98 Å². The quantitative estimate of drug-likeness (QED) is 0.344. The summed E-state index contributed by atoms with van der Waals surface area (Å²) in [6.07, 6.45) is 4.02. The summed E-state index contributed by atoms with van der Waals surface area (Å²) in [7, 11) is 0. The number of hydrogen-bond donors (Lipinski definition) is 2. The van der Waals surface area contributed by atoms with E-state index in [9.17, 15) is 4.79 Å². The molecule has 0 aliphatic carbocycles. The molecule has 0 atom stereocenters. The molecule has 1 aromatic heterocycles. The molecule has 14 heavy (non-hydrogen) atoms. The van der Waals surface area contributed by atoms with Gasteiger partial charge in [-0.15, -0.1) is 0 Å². The summed E-state index contributed by atoms with van der Waals surface area (Å²) in [5.41, 5.74) is 0.223. The molecular weight excluding hydrogens is 216 g/mol. The van der Waals surface area contributed by atoms with Crippen LogP contribution in [0.3, 0.4) is 0 Å². The van der Waals surface area contributed by atoms with E-state index in [0.29, 0.717) is 22.9 Å². The fourth-order valence-electron chi connectivity index (χ4n) is 0.785. The summed E-state index contributed by atoms with van der Waals surface area (Å²) in [5.74, 6) is 6.28. The van der Waals surface area contributed by atoms with Gasteiger partial charge in [-0.1, -0.05) is 23.6 Å². The number of nitrogens with zero attached hydrogens (tertiary/aromatic N) is 1. The van der Waals surface area contributed by atoms with Gasteiger partial charge in [0.1, 0.15) is 5.56 Å². The molecule has 0 fully saturated rings. The van der Waals surface area contributed by atoms with Gasteiger partial charge in [-0.3, -0.25) is 4.79 Å². The molecule has 1 N–H and O–H groups in total. The first-order valence-electron chi connectivity index (χ1n) is 4.01. The number of hydrogen-bond acceptors (Lipinski definition) is 4. The molecule has 1 rings (SSSR count). The second kappa shape index (κ2) is 5.78. The highest BCUT2D eigenvalue weighted by molar-refractivity contribution is 7.98. The van der Waals surface area contributed by atoms with E-state index in [0.717, 1.165) is 0 Å². The smallest absolute Gasteiger partial charge is 0.267 e. The van der Waals surface area contributed by atoms with Gasteiger partial charge in [-0.25, -0.2) is 4.98 Å². The molecule has 74 valence electrons. The van der Waals surface area contributed by atoms with Gasteiger partial charge in [-0.05, 0) is 6.26 Å². The molecule has 0 saturated carbocycles. The molecule has 1 aromatic rings. The minimum absolute atomic E-state index is 0.184. The van der Waals surface area contributed by atoms with Crippen LogP contribution >= 0.6 is 24.4 Å². The molecule has 0 amide bonds. The Labute approximate surface area is 92.1 Å². The van der Waals surface area contributed by atoms with Crippen molar-refractivity contribution in [3.05, 3.63) is 22.1 Å². The van der Waals surface area contributed by atoms with Crippen LogP contribution in [-0.2, 0) is 0 Å². The molecular formula is C9H10N2OS2. The maximum absolute atomic E-state index is 11.4. The lowest BCUT2D eigenvalue weighted by molar-refractivity contribution is 0.933. The third kappa shape index (κ3) is 3.13. The largest absolute Gasteiger partial charge is 0.300 e. The number of H-pyrrole nitrogens is 1. The molecule has 0 spiro atoms. The Bertz CT molecular complexity index is 417. The Morgan fingerprint density at radius 1 is 1.71 bits per heavy atom. The van der Waals surface area contributed by atoms with Crippen LogP contribution in [0.15, 0.2) is 16.1 Å².